The topological polar surface area (TPSA) is 42.1 Å². The first-order valence-electron chi connectivity index (χ1n) is 6.47. The van der Waals surface area contributed by atoms with Crippen molar-refractivity contribution < 1.29 is 0 Å². The maximum atomic E-state index is 6.14. The average molecular weight is 235 g/mol. The van der Waals surface area contributed by atoms with Crippen LogP contribution in [0.3, 0.4) is 0 Å². The van der Waals surface area contributed by atoms with Crippen LogP contribution in [0.25, 0.3) is 0 Å². The predicted molar refractivity (Wildman–Crippen MR) is 72.9 cm³/mol. The van der Waals surface area contributed by atoms with Gasteiger partial charge in [0.15, 0.2) is 0 Å². The molecule has 96 valence electrons. The minimum atomic E-state index is 0.272. The first kappa shape index (κ1) is 14.1. The number of nitrogens with two attached hydrogens (primary N) is 1. The highest BCUT2D eigenvalue weighted by atomic mass is 15.1. The molecule has 3 heteroatoms. The Hall–Kier alpha value is -0.930. The molecule has 1 heterocycles. The number of rotatable bonds is 7. The van der Waals surface area contributed by atoms with Crippen LogP contribution in [0.1, 0.15) is 26.0 Å². The zero-order chi connectivity index (χ0) is 12.7. The SMILES string of the molecule is CC[C@@H](C)[C@H](N)CN(C)CCc1ccccn1. The summed E-state index contributed by atoms with van der Waals surface area (Å²) >= 11 is 0. The zero-order valence-corrected chi connectivity index (χ0v) is 11.3. The van der Waals surface area contributed by atoms with E-state index in [0.29, 0.717) is 5.92 Å². The monoisotopic (exact) mass is 235 g/mol. The fourth-order valence-corrected chi connectivity index (χ4v) is 1.79. The van der Waals surface area contributed by atoms with E-state index in [2.05, 4.69) is 36.8 Å². The van der Waals surface area contributed by atoms with Crippen LogP contribution in [0.2, 0.25) is 0 Å². The summed E-state index contributed by atoms with van der Waals surface area (Å²) in [7, 11) is 2.13. The molecule has 3 nitrogen and oxygen atoms in total. The Bertz CT molecular complexity index is 300. The van der Waals surface area contributed by atoms with Gasteiger partial charge in [-0.25, -0.2) is 0 Å². The molecule has 2 N–H and O–H groups in total. The van der Waals surface area contributed by atoms with Crippen LogP contribution in [-0.4, -0.2) is 36.1 Å². The molecule has 17 heavy (non-hydrogen) atoms. The summed E-state index contributed by atoms with van der Waals surface area (Å²) in [6.07, 6.45) is 3.99. The maximum Gasteiger partial charge on any atom is 0.0416 e. The van der Waals surface area contributed by atoms with Crippen molar-refractivity contribution in [1.82, 2.24) is 9.88 Å². The van der Waals surface area contributed by atoms with Gasteiger partial charge in [0.1, 0.15) is 0 Å². The van der Waals surface area contributed by atoms with Crippen LogP contribution in [0.5, 0.6) is 0 Å². The lowest BCUT2D eigenvalue weighted by Gasteiger charge is -2.24. The third-order valence-corrected chi connectivity index (χ3v) is 3.37. The van der Waals surface area contributed by atoms with Gasteiger partial charge < -0.3 is 10.6 Å². The van der Waals surface area contributed by atoms with Crippen LogP contribution < -0.4 is 5.73 Å². The molecule has 1 aromatic heterocycles. The van der Waals surface area contributed by atoms with Gasteiger partial charge in [0.25, 0.3) is 0 Å². The summed E-state index contributed by atoms with van der Waals surface area (Å²) in [5.74, 6) is 0.590. The highest BCUT2D eigenvalue weighted by Crippen LogP contribution is 2.06. The Morgan fingerprint density at radius 1 is 1.41 bits per heavy atom. The summed E-state index contributed by atoms with van der Waals surface area (Å²) in [5.41, 5.74) is 7.29. The van der Waals surface area contributed by atoms with Crippen LogP contribution in [-0.2, 0) is 6.42 Å². The third-order valence-electron chi connectivity index (χ3n) is 3.37. The Kier molecular flexibility index (Phi) is 6.16. The van der Waals surface area contributed by atoms with E-state index in [-0.39, 0.29) is 6.04 Å². The minimum absolute atomic E-state index is 0.272. The second kappa shape index (κ2) is 7.41. The molecule has 0 aromatic carbocycles. The number of hydrogen-bond acceptors (Lipinski definition) is 3. The molecule has 0 fully saturated rings. The average Bonchev–Trinajstić information content (AvgIpc) is 2.36. The minimum Gasteiger partial charge on any atom is -0.326 e. The molecule has 2 atom stereocenters. The quantitative estimate of drug-likeness (QED) is 0.785. The molecule has 1 rings (SSSR count). The summed E-state index contributed by atoms with van der Waals surface area (Å²) in [6.45, 7) is 6.39. The number of hydrogen-bond donors (Lipinski definition) is 1. The number of pyridine rings is 1. The first-order valence-corrected chi connectivity index (χ1v) is 6.47. The van der Waals surface area contributed by atoms with Crippen molar-refractivity contribution in [3.63, 3.8) is 0 Å². The smallest absolute Gasteiger partial charge is 0.0416 e. The Balaban J connectivity index is 2.28. The van der Waals surface area contributed by atoms with Crippen LogP contribution >= 0.6 is 0 Å². The summed E-state index contributed by atoms with van der Waals surface area (Å²) in [6, 6.07) is 6.33. The van der Waals surface area contributed by atoms with Crippen molar-refractivity contribution >= 4 is 0 Å². The lowest BCUT2D eigenvalue weighted by atomic mass is 10.00. The van der Waals surface area contributed by atoms with E-state index in [9.17, 15) is 0 Å². The van der Waals surface area contributed by atoms with E-state index in [0.717, 1.165) is 31.6 Å². The van der Waals surface area contributed by atoms with Crippen LogP contribution in [0.4, 0.5) is 0 Å². The van der Waals surface area contributed by atoms with Crippen molar-refractivity contribution in [3.8, 4) is 0 Å². The second-order valence-electron chi connectivity index (χ2n) is 4.88. The molecule has 0 bridgehead atoms. The molecule has 1 aromatic rings. The highest BCUT2D eigenvalue weighted by Gasteiger charge is 2.12. The van der Waals surface area contributed by atoms with E-state index in [4.69, 9.17) is 5.73 Å². The summed E-state index contributed by atoms with van der Waals surface area (Å²) < 4.78 is 0. The van der Waals surface area contributed by atoms with Gasteiger partial charge in [-0.05, 0) is 25.1 Å². The standard InChI is InChI=1S/C14H25N3/c1-4-12(2)14(15)11-17(3)10-8-13-7-5-6-9-16-13/h5-7,9,12,14H,4,8,10-11,15H2,1-3H3/t12-,14-/m1/s1. The molecular formula is C14H25N3. The lowest BCUT2D eigenvalue weighted by Crippen LogP contribution is -2.40. The second-order valence-corrected chi connectivity index (χ2v) is 4.88. The van der Waals surface area contributed by atoms with E-state index in [1.54, 1.807) is 0 Å². The van der Waals surface area contributed by atoms with Crippen molar-refractivity contribution in [3.05, 3.63) is 30.1 Å². The van der Waals surface area contributed by atoms with Gasteiger partial charge in [-0.2, -0.15) is 0 Å². The molecular weight excluding hydrogens is 210 g/mol. The van der Waals surface area contributed by atoms with Crippen LogP contribution in [0.15, 0.2) is 24.4 Å². The Morgan fingerprint density at radius 3 is 2.76 bits per heavy atom. The summed E-state index contributed by atoms with van der Waals surface area (Å²) in [5, 5.41) is 0. The van der Waals surface area contributed by atoms with Gasteiger partial charge in [-0.15, -0.1) is 0 Å². The normalized spacial score (nSPS) is 14.9. The molecule has 0 saturated heterocycles. The fourth-order valence-electron chi connectivity index (χ4n) is 1.79. The summed E-state index contributed by atoms with van der Waals surface area (Å²) in [4.78, 5) is 6.62. The third kappa shape index (κ3) is 5.29. The van der Waals surface area contributed by atoms with Gasteiger partial charge in [0.05, 0.1) is 0 Å². The van der Waals surface area contributed by atoms with Crippen LogP contribution in [0, 0.1) is 5.92 Å². The van der Waals surface area contributed by atoms with Gasteiger partial charge in [-0.3, -0.25) is 4.98 Å². The molecule has 0 aliphatic heterocycles. The van der Waals surface area contributed by atoms with Gasteiger partial charge in [0, 0.05) is 37.4 Å². The fraction of sp³-hybridized carbons (Fsp3) is 0.643. The molecule has 0 aliphatic carbocycles. The van der Waals surface area contributed by atoms with Gasteiger partial charge >= 0.3 is 0 Å². The maximum absolute atomic E-state index is 6.14. The molecule has 0 saturated carbocycles. The van der Waals surface area contributed by atoms with Crippen molar-refractivity contribution in [2.45, 2.75) is 32.7 Å². The van der Waals surface area contributed by atoms with Gasteiger partial charge in [-0.1, -0.05) is 26.3 Å². The number of likely N-dealkylation sites (N-methyl/N-ethyl adjacent to an activating group) is 1. The highest BCUT2D eigenvalue weighted by molar-refractivity contribution is 5.03. The molecule has 0 unspecified atom stereocenters. The van der Waals surface area contributed by atoms with E-state index < -0.39 is 0 Å². The molecule has 0 amide bonds. The predicted octanol–water partition coefficient (Wildman–Crippen LogP) is 1.93. The van der Waals surface area contributed by atoms with Crippen molar-refractivity contribution in [2.24, 2.45) is 11.7 Å². The molecule has 0 aliphatic rings. The van der Waals surface area contributed by atoms with Crippen molar-refractivity contribution in [1.29, 1.82) is 0 Å². The van der Waals surface area contributed by atoms with E-state index in [1.807, 2.05) is 18.3 Å². The zero-order valence-electron chi connectivity index (χ0n) is 11.3. The largest absolute Gasteiger partial charge is 0.326 e. The van der Waals surface area contributed by atoms with E-state index >= 15 is 0 Å². The Morgan fingerprint density at radius 2 is 2.18 bits per heavy atom. The Labute approximate surface area is 105 Å². The molecule has 0 spiro atoms. The number of aromatic nitrogens is 1. The van der Waals surface area contributed by atoms with E-state index in [1.165, 1.54) is 0 Å². The van der Waals surface area contributed by atoms with Gasteiger partial charge in [0.2, 0.25) is 0 Å². The van der Waals surface area contributed by atoms with Crippen molar-refractivity contribution in [2.75, 3.05) is 20.1 Å². The first-order chi connectivity index (χ1) is 8.13. The number of nitrogens with zero attached hydrogens (tertiary/aromatic N) is 2. The lowest BCUT2D eigenvalue weighted by molar-refractivity contribution is 0.276. The molecule has 0 radical (unpaired) electrons.